The van der Waals surface area contributed by atoms with Crippen molar-refractivity contribution in [2.45, 2.75) is 27.7 Å². The maximum absolute atomic E-state index is 6.02. The van der Waals surface area contributed by atoms with Gasteiger partial charge >= 0.3 is 0 Å². The topological polar surface area (TPSA) is 0 Å². The second kappa shape index (κ2) is 4.61. The summed E-state index contributed by atoms with van der Waals surface area (Å²) in [6, 6.07) is 0. The third-order valence-electron chi connectivity index (χ3n) is 1.82. The van der Waals surface area contributed by atoms with Gasteiger partial charge < -0.3 is 0 Å². The number of rotatable bonds is 3. The Balaban J connectivity index is 4.23. The molecule has 0 aromatic rings. The van der Waals surface area contributed by atoms with Crippen LogP contribution in [0.2, 0.25) is 0 Å². The molecule has 0 rings (SSSR count). The fraction of sp³-hybridized carbons (Fsp3) is 0.600. The van der Waals surface area contributed by atoms with Crippen LogP contribution in [0.3, 0.4) is 0 Å². The number of allylic oxidation sites excluding steroid dienone is 3. The molecule has 0 aromatic carbocycles. The van der Waals surface area contributed by atoms with Crippen LogP contribution in [0.1, 0.15) is 27.7 Å². The summed E-state index contributed by atoms with van der Waals surface area (Å²) in [6.07, 6.45) is 1.94. The lowest BCUT2D eigenvalue weighted by molar-refractivity contribution is 0.496. The van der Waals surface area contributed by atoms with Crippen molar-refractivity contribution in [2.24, 2.45) is 11.8 Å². The van der Waals surface area contributed by atoms with Crippen LogP contribution in [-0.4, -0.2) is 0 Å². The molecule has 0 amide bonds. The van der Waals surface area contributed by atoms with Gasteiger partial charge in [0.05, 0.1) is 0 Å². The van der Waals surface area contributed by atoms with Gasteiger partial charge in [-0.3, -0.25) is 0 Å². The summed E-state index contributed by atoms with van der Waals surface area (Å²) in [6.45, 7) is 12.2. The van der Waals surface area contributed by atoms with Gasteiger partial charge in [-0.05, 0) is 24.8 Å². The molecule has 0 N–H and O–H groups in total. The lowest BCUT2D eigenvalue weighted by atomic mass is 9.97. The maximum atomic E-state index is 6.02. The lowest BCUT2D eigenvalue weighted by Gasteiger charge is -2.14. The quantitative estimate of drug-likeness (QED) is 0.565. The first-order valence-corrected chi connectivity index (χ1v) is 4.35. The Morgan fingerprint density at radius 1 is 1.36 bits per heavy atom. The highest BCUT2D eigenvalue weighted by molar-refractivity contribution is 6.30. The van der Waals surface area contributed by atoms with Crippen molar-refractivity contribution >= 4 is 11.6 Å². The van der Waals surface area contributed by atoms with E-state index in [1.165, 1.54) is 0 Å². The molecule has 0 spiro atoms. The predicted octanol–water partition coefficient (Wildman–Crippen LogP) is 3.98. The van der Waals surface area contributed by atoms with Gasteiger partial charge in [0.25, 0.3) is 0 Å². The zero-order valence-corrected chi connectivity index (χ0v) is 8.57. The Morgan fingerprint density at radius 3 is 2.09 bits per heavy atom. The van der Waals surface area contributed by atoms with Crippen molar-refractivity contribution in [3.8, 4) is 0 Å². The standard InChI is InChI=1S/C10H17Cl/c1-7(2)6-10(11)9(5)8(3)4/h6,8-9H,1H2,2-5H3/b10-6+/t9-/m0/s1. The minimum absolute atomic E-state index is 0.438. The molecule has 0 aliphatic rings. The van der Waals surface area contributed by atoms with Crippen molar-refractivity contribution < 1.29 is 0 Å². The molecule has 1 atom stereocenters. The average Bonchev–Trinajstić information content (AvgIpc) is 1.84. The first-order chi connectivity index (χ1) is 4.95. The molecule has 0 saturated heterocycles. The summed E-state index contributed by atoms with van der Waals surface area (Å²) >= 11 is 6.02. The highest BCUT2D eigenvalue weighted by Gasteiger charge is 2.09. The van der Waals surface area contributed by atoms with Gasteiger partial charge in [-0.15, -0.1) is 0 Å². The summed E-state index contributed by atoms with van der Waals surface area (Å²) in [5, 5.41) is 0.910. The molecule has 0 heterocycles. The molecule has 0 bridgehead atoms. The van der Waals surface area contributed by atoms with E-state index >= 15 is 0 Å². The lowest BCUT2D eigenvalue weighted by Crippen LogP contribution is -2.03. The Labute approximate surface area is 74.9 Å². The van der Waals surface area contributed by atoms with Crippen molar-refractivity contribution in [3.05, 3.63) is 23.3 Å². The molecule has 0 aliphatic carbocycles. The molecule has 11 heavy (non-hydrogen) atoms. The highest BCUT2D eigenvalue weighted by atomic mass is 35.5. The molecule has 0 aliphatic heterocycles. The highest BCUT2D eigenvalue weighted by Crippen LogP contribution is 2.23. The first kappa shape index (κ1) is 10.8. The Bertz CT molecular complexity index is 166. The molecule has 0 radical (unpaired) electrons. The Hall–Kier alpha value is -0.230. The second-order valence-electron chi connectivity index (χ2n) is 3.41. The van der Waals surface area contributed by atoms with E-state index in [1.807, 2.05) is 13.0 Å². The molecule has 0 saturated carbocycles. The minimum Gasteiger partial charge on any atom is -0.0961 e. The smallest absolute Gasteiger partial charge is 0.0214 e. The van der Waals surface area contributed by atoms with E-state index in [9.17, 15) is 0 Å². The molecule has 64 valence electrons. The van der Waals surface area contributed by atoms with Crippen LogP contribution < -0.4 is 0 Å². The maximum Gasteiger partial charge on any atom is 0.0214 e. The van der Waals surface area contributed by atoms with Gasteiger partial charge in [-0.25, -0.2) is 0 Å². The number of hydrogen-bond donors (Lipinski definition) is 0. The van der Waals surface area contributed by atoms with Gasteiger partial charge in [-0.1, -0.05) is 44.5 Å². The monoisotopic (exact) mass is 172 g/mol. The van der Waals surface area contributed by atoms with E-state index in [4.69, 9.17) is 11.6 Å². The van der Waals surface area contributed by atoms with Gasteiger partial charge in [0.2, 0.25) is 0 Å². The minimum atomic E-state index is 0.438. The van der Waals surface area contributed by atoms with Crippen LogP contribution >= 0.6 is 11.6 Å². The summed E-state index contributed by atoms with van der Waals surface area (Å²) in [5.74, 6) is 1.03. The second-order valence-corrected chi connectivity index (χ2v) is 3.84. The number of hydrogen-bond acceptors (Lipinski definition) is 0. The summed E-state index contributed by atoms with van der Waals surface area (Å²) < 4.78 is 0. The van der Waals surface area contributed by atoms with Crippen LogP contribution in [-0.2, 0) is 0 Å². The van der Waals surface area contributed by atoms with E-state index in [0.717, 1.165) is 10.6 Å². The molecule has 1 heteroatoms. The van der Waals surface area contributed by atoms with E-state index < -0.39 is 0 Å². The third-order valence-corrected chi connectivity index (χ3v) is 2.27. The molecule has 0 nitrogen and oxygen atoms in total. The Morgan fingerprint density at radius 2 is 1.82 bits per heavy atom. The number of halogens is 1. The largest absolute Gasteiger partial charge is 0.0961 e. The summed E-state index contributed by atoms with van der Waals surface area (Å²) in [7, 11) is 0. The van der Waals surface area contributed by atoms with Crippen LogP contribution in [0.25, 0.3) is 0 Å². The zero-order chi connectivity index (χ0) is 9.02. The van der Waals surface area contributed by atoms with Crippen LogP contribution in [0.5, 0.6) is 0 Å². The van der Waals surface area contributed by atoms with Gasteiger partial charge in [0, 0.05) is 5.03 Å². The normalized spacial score (nSPS) is 15.3. The fourth-order valence-corrected chi connectivity index (χ4v) is 1.12. The van der Waals surface area contributed by atoms with Gasteiger partial charge in [-0.2, -0.15) is 0 Å². The molecule has 0 fully saturated rings. The van der Waals surface area contributed by atoms with E-state index in [1.54, 1.807) is 0 Å². The zero-order valence-electron chi connectivity index (χ0n) is 7.82. The fourth-order valence-electron chi connectivity index (χ4n) is 0.685. The molecule has 0 aromatic heterocycles. The predicted molar refractivity (Wildman–Crippen MR) is 52.8 cm³/mol. The van der Waals surface area contributed by atoms with Gasteiger partial charge in [0.1, 0.15) is 0 Å². The van der Waals surface area contributed by atoms with Crippen molar-refractivity contribution in [1.29, 1.82) is 0 Å². The summed E-state index contributed by atoms with van der Waals surface area (Å²) in [4.78, 5) is 0. The molecular formula is C10H17Cl. The van der Waals surface area contributed by atoms with E-state index in [-0.39, 0.29) is 0 Å². The Kier molecular flexibility index (Phi) is 4.51. The van der Waals surface area contributed by atoms with Crippen LogP contribution in [0.15, 0.2) is 23.3 Å². The molecular weight excluding hydrogens is 156 g/mol. The molecule has 0 unspecified atom stereocenters. The summed E-state index contributed by atoms with van der Waals surface area (Å²) in [5.41, 5.74) is 1.02. The van der Waals surface area contributed by atoms with Crippen molar-refractivity contribution in [3.63, 3.8) is 0 Å². The van der Waals surface area contributed by atoms with Crippen LogP contribution in [0.4, 0.5) is 0 Å². The average molecular weight is 173 g/mol. The van der Waals surface area contributed by atoms with Gasteiger partial charge in [0.15, 0.2) is 0 Å². The van der Waals surface area contributed by atoms with Crippen molar-refractivity contribution in [1.82, 2.24) is 0 Å². The third kappa shape index (κ3) is 4.26. The van der Waals surface area contributed by atoms with E-state index in [2.05, 4.69) is 27.4 Å². The van der Waals surface area contributed by atoms with E-state index in [0.29, 0.717) is 11.8 Å². The van der Waals surface area contributed by atoms with Crippen LogP contribution in [0, 0.1) is 11.8 Å². The first-order valence-electron chi connectivity index (χ1n) is 3.97. The SMILES string of the molecule is C=C(C)/C=C(/Cl)[C@@H](C)C(C)C. The van der Waals surface area contributed by atoms with Crippen molar-refractivity contribution in [2.75, 3.05) is 0 Å².